The number of amides is 1. The van der Waals surface area contributed by atoms with Crippen LogP contribution in [-0.4, -0.2) is 29.4 Å². The summed E-state index contributed by atoms with van der Waals surface area (Å²) < 4.78 is 16.6. The highest BCUT2D eigenvalue weighted by atomic mass is 16.6. The fraction of sp³-hybridized carbons (Fsp3) is 0.387. The second kappa shape index (κ2) is 14.6. The molecule has 2 aromatic carbocycles. The average molecular weight is 535 g/mol. The highest BCUT2D eigenvalue weighted by Crippen LogP contribution is 2.28. The number of nitriles is 1. The van der Waals surface area contributed by atoms with E-state index in [4.69, 9.17) is 14.2 Å². The maximum absolute atomic E-state index is 12.1. The third-order valence-corrected chi connectivity index (χ3v) is 5.45. The molecule has 0 aliphatic heterocycles. The number of rotatable bonds is 11. The van der Waals surface area contributed by atoms with E-state index < -0.39 is 17.7 Å². The van der Waals surface area contributed by atoms with Gasteiger partial charge in [0.25, 0.3) is 0 Å². The molecule has 0 fully saturated rings. The summed E-state index contributed by atoms with van der Waals surface area (Å²) >= 11 is 0. The van der Waals surface area contributed by atoms with E-state index in [-0.39, 0.29) is 25.3 Å². The van der Waals surface area contributed by atoms with Crippen molar-refractivity contribution in [3.8, 4) is 11.8 Å². The Bertz CT molecular complexity index is 1260. The zero-order valence-electron chi connectivity index (χ0n) is 23.6. The number of aliphatic hydroxyl groups is 1. The first-order valence-corrected chi connectivity index (χ1v) is 13.0. The lowest BCUT2D eigenvalue weighted by Gasteiger charge is -2.19. The van der Waals surface area contributed by atoms with E-state index in [1.807, 2.05) is 38.1 Å². The van der Waals surface area contributed by atoms with Gasteiger partial charge in [0.1, 0.15) is 17.1 Å². The van der Waals surface area contributed by atoms with Crippen molar-refractivity contribution in [2.24, 2.45) is 0 Å². The molecule has 2 rings (SSSR count). The van der Waals surface area contributed by atoms with E-state index in [1.165, 1.54) is 0 Å². The molecule has 0 aromatic heterocycles. The molecular formula is C31H38N2O6. The number of nitrogens with one attached hydrogen (secondary N) is 1. The number of esters is 1. The van der Waals surface area contributed by atoms with Crippen molar-refractivity contribution in [3.63, 3.8) is 0 Å². The van der Waals surface area contributed by atoms with Crippen molar-refractivity contribution in [2.75, 3.05) is 6.61 Å². The molecule has 0 spiro atoms. The van der Waals surface area contributed by atoms with Crippen LogP contribution in [0.3, 0.4) is 0 Å². The summed E-state index contributed by atoms with van der Waals surface area (Å²) in [5, 5.41) is 22.9. The number of nitrogens with zero attached hydrogens (tertiary/aromatic N) is 1. The molecule has 0 heterocycles. The van der Waals surface area contributed by atoms with Gasteiger partial charge in [-0.25, -0.2) is 4.79 Å². The molecule has 0 aliphatic carbocycles. The van der Waals surface area contributed by atoms with Crippen LogP contribution in [-0.2, 0) is 27.2 Å². The number of ether oxygens (including phenoxy) is 3. The van der Waals surface area contributed by atoms with Gasteiger partial charge in [0, 0.05) is 30.5 Å². The number of benzene rings is 2. The Labute approximate surface area is 230 Å². The molecule has 0 bridgehead atoms. The van der Waals surface area contributed by atoms with Crippen LogP contribution < -0.4 is 10.1 Å². The summed E-state index contributed by atoms with van der Waals surface area (Å²) in [5.74, 6) is 0.678. The van der Waals surface area contributed by atoms with E-state index in [2.05, 4.69) is 11.4 Å². The Balaban J connectivity index is 2.38. The van der Waals surface area contributed by atoms with Gasteiger partial charge >= 0.3 is 12.1 Å². The van der Waals surface area contributed by atoms with Crippen molar-refractivity contribution in [2.45, 2.75) is 73.0 Å². The lowest BCUT2D eigenvalue weighted by Crippen LogP contribution is -2.32. The maximum Gasteiger partial charge on any atom is 0.407 e. The van der Waals surface area contributed by atoms with E-state index >= 15 is 0 Å². The Morgan fingerprint density at radius 3 is 2.44 bits per heavy atom. The predicted molar refractivity (Wildman–Crippen MR) is 150 cm³/mol. The van der Waals surface area contributed by atoms with Gasteiger partial charge in [-0.1, -0.05) is 38.1 Å². The molecule has 208 valence electrons. The van der Waals surface area contributed by atoms with Gasteiger partial charge in [0.15, 0.2) is 0 Å². The van der Waals surface area contributed by atoms with Gasteiger partial charge in [0.05, 0.1) is 30.4 Å². The van der Waals surface area contributed by atoms with Gasteiger partial charge in [-0.2, -0.15) is 5.26 Å². The number of carbonyl (C=O) groups is 2. The van der Waals surface area contributed by atoms with E-state index in [0.717, 1.165) is 11.1 Å². The fourth-order valence-corrected chi connectivity index (χ4v) is 3.60. The van der Waals surface area contributed by atoms with E-state index in [9.17, 15) is 20.0 Å². The molecule has 0 radical (unpaired) electrons. The SMILES string of the molecule is CCOC(=O)Cc1ccc(C#N)cc1O/C(=C/C(=C(/O)CC)c1cccc(CNC(=O)OC(C)(C)C)c1)CC. The van der Waals surface area contributed by atoms with Crippen LogP contribution in [0, 0.1) is 11.3 Å². The second-order valence-electron chi connectivity index (χ2n) is 9.75. The number of aliphatic hydroxyl groups excluding tert-OH is 1. The quantitative estimate of drug-likeness (QED) is 0.186. The Morgan fingerprint density at radius 2 is 1.82 bits per heavy atom. The summed E-state index contributed by atoms with van der Waals surface area (Å²) in [6.07, 6.45) is 2.12. The molecule has 0 atom stereocenters. The van der Waals surface area contributed by atoms with Gasteiger partial charge in [-0.05, 0) is 63.1 Å². The van der Waals surface area contributed by atoms with Crippen LogP contribution in [0.15, 0.2) is 60.1 Å². The highest BCUT2D eigenvalue weighted by molar-refractivity contribution is 5.77. The number of alkyl carbamates (subject to hydrolysis) is 1. The van der Waals surface area contributed by atoms with E-state index in [1.54, 1.807) is 52.0 Å². The molecule has 39 heavy (non-hydrogen) atoms. The normalized spacial score (nSPS) is 12.2. The molecular weight excluding hydrogens is 496 g/mol. The molecule has 0 unspecified atom stereocenters. The second-order valence-corrected chi connectivity index (χ2v) is 9.75. The minimum Gasteiger partial charge on any atom is -0.512 e. The average Bonchev–Trinajstić information content (AvgIpc) is 2.89. The van der Waals surface area contributed by atoms with Crippen molar-refractivity contribution in [1.29, 1.82) is 5.26 Å². The largest absolute Gasteiger partial charge is 0.512 e. The number of carbonyl (C=O) groups excluding carboxylic acids is 2. The predicted octanol–water partition coefficient (Wildman–Crippen LogP) is 6.74. The highest BCUT2D eigenvalue weighted by Gasteiger charge is 2.17. The van der Waals surface area contributed by atoms with Gasteiger partial charge < -0.3 is 24.6 Å². The summed E-state index contributed by atoms with van der Waals surface area (Å²) in [4.78, 5) is 24.2. The molecule has 8 nitrogen and oxygen atoms in total. The molecule has 0 saturated carbocycles. The molecule has 2 aromatic rings. The smallest absolute Gasteiger partial charge is 0.407 e. The molecule has 1 amide bonds. The van der Waals surface area contributed by atoms with Crippen LogP contribution in [0.1, 0.15) is 76.6 Å². The molecule has 2 N–H and O–H groups in total. The van der Waals surface area contributed by atoms with E-state index in [0.29, 0.717) is 41.1 Å². The lowest BCUT2D eigenvalue weighted by molar-refractivity contribution is -0.142. The molecule has 0 saturated heterocycles. The van der Waals surface area contributed by atoms with Crippen LogP contribution in [0.2, 0.25) is 0 Å². The Morgan fingerprint density at radius 1 is 1.08 bits per heavy atom. The Kier molecular flexibility index (Phi) is 11.6. The summed E-state index contributed by atoms with van der Waals surface area (Å²) in [5.41, 5.74) is 2.52. The van der Waals surface area contributed by atoms with Gasteiger partial charge in [-0.3, -0.25) is 4.79 Å². The summed E-state index contributed by atoms with van der Waals surface area (Å²) in [6.45, 7) is 11.4. The van der Waals surface area contributed by atoms with Crippen LogP contribution in [0.4, 0.5) is 4.79 Å². The van der Waals surface area contributed by atoms with Crippen LogP contribution >= 0.6 is 0 Å². The zero-order valence-corrected chi connectivity index (χ0v) is 23.6. The molecule has 8 heteroatoms. The molecule has 0 aliphatic rings. The Hall–Kier alpha value is -4.25. The van der Waals surface area contributed by atoms with Crippen molar-refractivity contribution in [3.05, 3.63) is 82.3 Å². The zero-order chi connectivity index (χ0) is 29.0. The third-order valence-electron chi connectivity index (χ3n) is 5.45. The van der Waals surface area contributed by atoms with Gasteiger partial charge in [0.2, 0.25) is 0 Å². The lowest BCUT2D eigenvalue weighted by atomic mass is 9.99. The van der Waals surface area contributed by atoms with Crippen molar-refractivity contribution < 1.29 is 28.9 Å². The monoisotopic (exact) mass is 534 g/mol. The number of hydrogen-bond acceptors (Lipinski definition) is 7. The number of hydrogen-bond donors (Lipinski definition) is 2. The minimum atomic E-state index is -0.598. The summed E-state index contributed by atoms with van der Waals surface area (Å²) in [6, 6.07) is 14.5. The fourth-order valence-electron chi connectivity index (χ4n) is 3.60. The van der Waals surface area contributed by atoms with Crippen molar-refractivity contribution in [1.82, 2.24) is 5.32 Å². The maximum atomic E-state index is 12.1. The minimum absolute atomic E-state index is 0.00146. The summed E-state index contributed by atoms with van der Waals surface area (Å²) in [7, 11) is 0. The van der Waals surface area contributed by atoms with Gasteiger partial charge in [-0.15, -0.1) is 0 Å². The van der Waals surface area contributed by atoms with Crippen molar-refractivity contribution >= 4 is 17.6 Å². The van der Waals surface area contributed by atoms with Crippen LogP contribution in [0.25, 0.3) is 5.57 Å². The number of allylic oxidation sites excluding steroid dienone is 4. The first-order chi connectivity index (χ1) is 18.5. The first-order valence-electron chi connectivity index (χ1n) is 13.0. The standard InChI is InChI=1S/C31H38N2O6/c1-7-25(38-28-16-21(19-32)13-14-24(28)17-29(35)37-9-3)18-26(27(34)8-2)23-12-10-11-22(15-23)20-33-30(36)39-31(4,5)6/h10-16,18,34H,7-9,17,20H2,1-6H3,(H,33,36)/b25-18+,27-26-. The first kappa shape index (κ1) is 31.0. The third kappa shape index (κ3) is 10.2. The van der Waals surface area contributed by atoms with Crippen LogP contribution in [0.5, 0.6) is 5.75 Å². The topological polar surface area (TPSA) is 118 Å².